The lowest BCUT2D eigenvalue weighted by molar-refractivity contribution is -0.141. The first-order valence-corrected chi connectivity index (χ1v) is 12.6. The third-order valence-electron chi connectivity index (χ3n) is 6.21. The van der Waals surface area contributed by atoms with E-state index in [1.54, 1.807) is 4.90 Å². The molecule has 0 aliphatic carbocycles. The van der Waals surface area contributed by atoms with Gasteiger partial charge in [-0.05, 0) is 49.9 Å². The molecular formula is C30H35ClN2O2. The number of carbonyl (C=O) groups is 2. The Morgan fingerprint density at radius 2 is 1.54 bits per heavy atom. The molecule has 3 aromatic rings. The molecule has 0 saturated carbocycles. The number of hydrogen-bond donors (Lipinski definition) is 1. The van der Waals surface area contributed by atoms with Crippen molar-refractivity contribution in [2.24, 2.45) is 0 Å². The average Bonchev–Trinajstić information content (AvgIpc) is 2.82. The zero-order chi connectivity index (χ0) is 25.4. The molecule has 0 spiro atoms. The average molecular weight is 491 g/mol. The second-order valence-corrected chi connectivity index (χ2v) is 9.72. The van der Waals surface area contributed by atoms with Gasteiger partial charge in [0.05, 0.1) is 6.42 Å². The van der Waals surface area contributed by atoms with Gasteiger partial charge in [-0.2, -0.15) is 0 Å². The van der Waals surface area contributed by atoms with Crippen molar-refractivity contribution < 1.29 is 9.59 Å². The summed E-state index contributed by atoms with van der Waals surface area (Å²) in [6.45, 7) is 8.33. The van der Waals surface area contributed by atoms with Crippen LogP contribution >= 0.6 is 11.6 Å². The van der Waals surface area contributed by atoms with E-state index in [-0.39, 0.29) is 30.8 Å². The molecule has 0 fully saturated rings. The van der Waals surface area contributed by atoms with Crippen LogP contribution in [0.1, 0.15) is 48.1 Å². The lowest BCUT2D eigenvalue weighted by Crippen LogP contribution is -2.52. The second-order valence-electron chi connectivity index (χ2n) is 9.31. The van der Waals surface area contributed by atoms with Crippen molar-refractivity contribution in [2.75, 3.05) is 0 Å². The Labute approximate surface area is 214 Å². The summed E-state index contributed by atoms with van der Waals surface area (Å²) in [5.41, 5.74) is 4.98. The van der Waals surface area contributed by atoms with Crippen molar-refractivity contribution in [3.8, 4) is 0 Å². The number of nitrogens with zero attached hydrogens (tertiary/aromatic N) is 1. The Morgan fingerprint density at radius 1 is 0.914 bits per heavy atom. The van der Waals surface area contributed by atoms with Crippen molar-refractivity contribution in [1.82, 2.24) is 10.2 Å². The van der Waals surface area contributed by atoms with Gasteiger partial charge in [-0.25, -0.2) is 0 Å². The fraction of sp³-hybridized carbons (Fsp3) is 0.333. The van der Waals surface area contributed by atoms with E-state index in [4.69, 9.17) is 11.6 Å². The molecule has 0 saturated heterocycles. The smallest absolute Gasteiger partial charge is 0.243 e. The Bertz CT molecular complexity index is 1130. The molecule has 4 nitrogen and oxygen atoms in total. The summed E-state index contributed by atoms with van der Waals surface area (Å²) in [5.74, 6) is -0.251. The van der Waals surface area contributed by atoms with Crippen molar-refractivity contribution in [1.29, 1.82) is 0 Å². The normalized spacial score (nSPS) is 12.6. The standard InChI is InChI=1S/C30H35ClN2O2/c1-5-23(4)32-30(35)28(18-24-11-7-6-8-12-24)33(20-26-13-9-10-14-27(26)31)29(34)19-25-16-21(2)15-22(3)17-25/h6-17,23,28H,5,18-20H2,1-4H3,(H,32,35)/t23-,28-/m1/s1. The summed E-state index contributed by atoms with van der Waals surface area (Å²) >= 11 is 6.49. The van der Waals surface area contributed by atoms with Gasteiger partial charge in [0.2, 0.25) is 11.8 Å². The number of benzene rings is 3. The summed E-state index contributed by atoms with van der Waals surface area (Å²) < 4.78 is 0. The minimum absolute atomic E-state index is 0.0115. The van der Waals surface area contributed by atoms with Crippen LogP contribution in [0.25, 0.3) is 0 Å². The largest absolute Gasteiger partial charge is 0.352 e. The molecule has 0 aliphatic rings. The number of carbonyl (C=O) groups excluding carboxylic acids is 2. The number of nitrogens with one attached hydrogen (secondary N) is 1. The first kappa shape index (κ1) is 26.5. The van der Waals surface area contributed by atoms with E-state index in [2.05, 4.69) is 11.4 Å². The van der Waals surface area contributed by atoms with Crippen LogP contribution in [-0.4, -0.2) is 28.8 Å². The van der Waals surface area contributed by atoms with Crippen LogP contribution in [0.4, 0.5) is 0 Å². The fourth-order valence-electron chi connectivity index (χ4n) is 4.25. The quantitative estimate of drug-likeness (QED) is 0.376. The highest BCUT2D eigenvalue weighted by Gasteiger charge is 2.31. The maximum atomic E-state index is 13.8. The molecule has 0 heterocycles. The van der Waals surface area contributed by atoms with Crippen LogP contribution in [0, 0.1) is 13.8 Å². The van der Waals surface area contributed by atoms with E-state index in [1.165, 1.54) is 0 Å². The van der Waals surface area contributed by atoms with Crippen molar-refractivity contribution >= 4 is 23.4 Å². The summed E-state index contributed by atoms with van der Waals surface area (Å²) in [7, 11) is 0. The van der Waals surface area contributed by atoms with E-state index in [0.29, 0.717) is 11.4 Å². The molecule has 3 rings (SSSR count). The zero-order valence-corrected chi connectivity index (χ0v) is 21.8. The zero-order valence-electron chi connectivity index (χ0n) is 21.1. The summed E-state index contributed by atoms with van der Waals surface area (Å²) in [6.07, 6.45) is 1.45. The topological polar surface area (TPSA) is 49.4 Å². The highest BCUT2D eigenvalue weighted by atomic mass is 35.5. The third-order valence-corrected chi connectivity index (χ3v) is 6.58. The van der Waals surface area contributed by atoms with E-state index < -0.39 is 6.04 Å². The van der Waals surface area contributed by atoms with Gasteiger partial charge in [0.1, 0.15) is 6.04 Å². The van der Waals surface area contributed by atoms with Crippen LogP contribution in [0.2, 0.25) is 5.02 Å². The minimum Gasteiger partial charge on any atom is -0.352 e. The van der Waals surface area contributed by atoms with Crippen LogP contribution in [0.15, 0.2) is 72.8 Å². The molecule has 0 aliphatic heterocycles. The monoisotopic (exact) mass is 490 g/mol. The van der Waals surface area contributed by atoms with E-state index in [9.17, 15) is 9.59 Å². The molecular weight excluding hydrogens is 456 g/mol. The summed E-state index contributed by atoms with van der Waals surface area (Å²) in [6, 6.07) is 22.8. The lowest BCUT2D eigenvalue weighted by atomic mass is 10.00. The highest BCUT2D eigenvalue weighted by Crippen LogP contribution is 2.22. The van der Waals surface area contributed by atoms with Gasteiger partial charge in [-0.1, -0.05) is 96.4 Å². The van der Waals surface area contributed by atoms with Gasteiger partial charge in [-0.15, -0.1) is 0 Å². The fourth-order valence-corrected chi connectivity index (χ4v) is 4.45. The predicted octanol–water partition coefficient (Wildman–Crippen LogP) is 6.05. The third kappa shape index (κ3) is 7.69. The first-order chi connectivity index (χ1) is 16.8. The van der Waals surface area contributed by atoms with Crippen LogP contribution < -0.4 is 5.32 Å². The molecule has 0 aromatic heterocycles. The maximum Gasteiger partial charge on any atom is 0.243 e. The van der Waals surface area contributed by atoms with E-state index in [0.717, 1.165) is 34.2 Å². The van der Waals surface area contributed by atoms with Gasteiger partial charge in [-0.3, -0.25) is 9.59 Å². The van der Waals surface area contributed by atoms with Gasteiger partial charge >= 0.3 is 0 Å². The van der Waals surface area contributed by atoms with Gasteiger partial charge < -0.3 is 10.2 Å². The number of aryl methyl sites for hydroxylation is 2. The number of hydrogen-bond acceptors (Lipinski definition) is 2. The summed E-state index contributed by atoms with van der Waals surface area (Å²) in [4.78, 5) is 29.1. The van der Waals surface area contributed by atoms with Gasteiger partial charge in [0.15, 0.2) is 0 Å². The van der Waals surface area contributed by atoms with Crippen LogP contribution in [-0.2, 0) is 29.0 Å². The second kappa shape index (κ2) is 12.6. The van der Waals surface area contributed by atoms with Crippen LogP contribution in [0.5, 0.6) is 0 Å². The Morgan fingerprint density at radius 3 is 2.17 bits per heavy atom. The molecule has 184 valence electrons. The van der Waals surface area contributed by atoms with E-state index >= 15 is 0 Å². The molecule has 5 heteroatoms. The molecule has 2 atom stereocenters. The summed E-state index contributed by atoms with van der Waals surface area (Å²) in [5, 5.41) is 3.68. The SMILES string of the molecule is CC[C@@H](C)NC(=O)[C@@H](Cc1ccccc1)N(Cc1ccccc1Cl)C(=O)Cc1cc(C)cc(C)c1. The first-order valence-electron chi connectivity index (χ1n) is 12.2. The minimum atomic E-state index is -0.666. The number of amides is 2. The number of halogens is 1. The van der Waals surface area contributed by atoms with Crippen molar-refractivity contribution in [3.05, 3.63) is 106 Å². The highest BCUT2D eigenvalue weighted by molar-refractivity contribution is 6.31. The molecule has 0 unspecified atom stereocenters. The molecule has 3 aromatic carbocycles. The Kier molecular flexibility index (Phi) is 9.50. The molecule has 0 radical (unpaired) electrons. The van der Waals surface area contributed by atoms with Crippen molar-refractivity contribution in [3.63, 3.8) is 0 Å². The molecule has 0 bridgehead atoms. The maximum absolute atomic E-state index is 13.8. The molecule has 1 N–H and O–H groups in total. The van der Waals surface area contributed by atoms with Gasteiger partial charge in [0, 0.05) is 24.0 Å². The lowest BCUT2D eigenvalue weighted by Gasteiger charge is -2.32. The Balaban J connectivity index is 2.00. The molecule has 2 amide bonds. The predicted molar refractivity (Wildman–Crippen MR) is 143 cm³/mol. The van der Waals surface area contributed by atoms with Crippen LogP contribution in [0.3, 0.4) is 0 Å². The van der Waals surface area contributed by atoms with E-state index in [1.807, 2.05) is 94.4 Å². The van der Waals surface area contributed by atoms with Gasteiger partial charge in [0.25, 0.3) is 0 Å². The number of rotatable bonds is 10. The van der Waals surface area contributed by atoms with Crippen molar-refractivity contribution in [2.45, 2.75) is 65.6 Å². The molecule has 35 heavy (non-hydrogen) atoms. The Hall–Kier alpha value is -3.11.